The zero-order valence-corrected chi connectivity index (χ0v) is 17.4. The number of thioether (sulfide) groups is 1. The number of nitro groups is 1. The molecule has 30 heavy (non-hydrogen) atoms. The second-order valence-corrected chi connectivity index (χ2v) is 8.00. The van der Waals surface area contributed by atoms with E-state index in [9.17, 15) is 19.7 Å². The molecule has 1 N–H and O–H groups in total. The molecule has 10 heteroatoms. The molecule has 0 spiro atoms. The summed E-state index contributed by atoms with van der Waals surface area (Å²) in [6.07, 6.45) is 1.59. The number of halogens is 1. The third-order valence-electron chi connectivity index (χ3n) is 4.21. The number of anilines is 1. The number of rotatable bonds is 7. The predicted octanol–water partition coefficient (Wildman–Crippen LogP) is 4.26. The molecule has 0 saturated carbocycles. The number of carbonyl (C=O) groups excluding carboxylic acids is 1. The van der Waals surface area contributed by atoms with Gasteiger partial charge in [0.25, 0.3) is 11.2 Å². The molecular formula is C20H17ClN4O4S. The van der Waals surface area contributed by atoms with Crippen molar-refractivity contribution in [3.05, 3.63) is 80.6 Å². The van der Waals surface area contributed by atoms with Crippen LogP contribution in [0.1, 0.15) is 6.92 Å². The number of nitro benzene ring substituents is 1. The molecule has 1 atom stereocenters. The number of aromatic nitrogens is 2. The molecule has 154 valence electrons. The molecule has 0 aliphatic rings. The van der Waals surface area contributed by atoms with Crippen LogP contribution in [-0.2, 0) is 11.3 Å². The van der Waals surface area contributed by atoms with Crippen LogP contribution in [0.5, 0.6) is 0 Å². The first-order valence-electron chi connectivity index (χ1n) is 8.83. The van der Waals surface area contributed by atoms with E-state index in [2.05, 4.69) is 16.9 Å². The molecular weight excluding hydrogens is 428 g/mol. The summed E-state index contributed by atoms with van der Waals surface area (Å²) in [6, 6.07) is 10.8. The van der Waals surface area contributed by atoms with E-state index in [4.69, 9.17) is 11.6 Å². The first-order chi connectivity index (χ1) is 14.3. The van der Waals surface area contributed by atoms with Crippen molar-refractivity contribution in [3.63, 3.8) is 0 Å². The van der Waals surface area contributed by atoms with Crippen LogP contribution in [0.3, 0.4) is 0 Å². The van der Waals surface area contributed by atoms with Gasteiger partial charge in [0.1, 0.15) is 0 Å². The monoisotopic (exact) mass is 444 g/mol. The van der Waals surface area contributed by atoms with Crippen molar-refractivity contribution >= 4 is 51.5 Å². The molecule has 1 amide bonds. The smallest absolute Gasteiger partial charge is 0.271 e. The average molecular weight is 445 g/mol. The Morgan fingerprint density at radius 3 is 2.80 bits per heavy atom. The van der Waals surface area contributed by atoms with E-state index in [1.54, 1.807) is 37.3 Å². The molecule has 2 aromatic carbocycles. The molecule has 0 bridgehead atoms. The van der Waals surface area contributed by atoms with E-state index < -0.39 is 10.2 Å². The van der Waals surface area contributed by atoms with Crippen molar-refractivity contribution in [1.82, 2.24) is 9.55 Å². The Morgan fingerprint density at radius 2 is 2.13 bits per heavy atom. The number of non-ortho nitro benzene ring substituents is 1. The Morgan fingerprint density at radius 1 is 1.40 bits per heavy atom. The van der Waals surface area contributed by atoms with Gasteiger partial charge < -0.3 is 5.32 Å². The minimum absolute atomic E-state index is 0.0575. The van der Waals surface area contributed by atoms with Gasteiger partial charge in [-0.25, -0.2) is 4.98 Å². The Labute approximate surface area is 180 Å². The summed E-state index contributed by atoms with van der Waals surface area (Å²) >= 11 is 7.16. The lowest BCUT2D eigenvalue weighted by Crippen LogP contribution is -2.26. The summed E-state index contributed by atoms with van der Waals surface area (Å²) in [7, 11) is 0. The van der Waals surface area contributed by atoms with Crippen LogP contribution in [0.4, 0.5) is 11.4 Å². The van der Waals surface area contributed by atoms with Gasteiger partial charge >= 0.3 is 0 Å². The lowest BCUT2D eigenvalue weighted by atomic mass is 10.2. The van der Waals surface area contributed by atoms with E-state index >= 15 is 0 Å². The molecule has 1 unspecified atom stereocenters. The van der Waals surface area contributed by atoms with E-state index in [0.717, 1.165) is 11.8 Å². The van der Waals surface area contributed by atoms with Gasteiger partial charge in [-0.15, -0.1) is 6.58 Å². The molecule has 1 aromatic heterocycles. The van der Waals surface area contributed by atoms with Crippen LogP contribution in [0.15, 0.2) is 65.1 Å². The first kappa shape index (κ1) is 21.5. The number of benzene rings is 2. The Kier molecular flexibility index (Phi) is 6.53. The summed E-state index contributed by atoms with van der Waals surface area (Å²) in [5, 5.41) is 13.8. The van der Waals surface area contributed by atoms with Crippen LogP contribution in [0.25, 0.3) is 10.9 Å². The number of para-hydroxylation sites is 1. The third-order valence-corrected chi connectivity index (χ3v) is 5.61. The van der Waals surface area contributed by atoms with E-state index in [1.807, 2.05) is 0 Å². The fraction of sp³-hybridized carbons (Fsp3) is 0.150. The summed E-state index contributed by atoms with van der Waals surface area (Å²) in [6.45, 7) is 5.60. The topological polar surface area (TPSA) is 107 Å². The number of nitrogens with one attached hydrogen (secondary N) is 1. The minimum Gasteiger partial charge on any atom is -0.324 e. The summed E-state index contributed by atoms with van der Waals surface area (Å²) in [5.74, 6) is -0.386. The van der Waals surface area contributed by atoms with Crippen molar-refractivity contribution in [1.29, 1.82) is 0 Å². The molecule has 0 aliphatic heterocycles. The van der Waals surface area contributed by atoms with Crippen LogP contribution in [0.2, 0.25) is 5.02 Å². The molecule has 3 aromatic rings. The molecule has 0 aliphatic carbocycles. The summed E-state index contributed by atoms with van der Waals surface area (Å²) < 4.78 is 1.46. The zero-order chi connectivity index (χ0) is 21.8. The number of nitrogens with zero attached hydrogens (tertiary/aromatic N) is 3. The van der Waals surface area contributed by atoms with Crippen molar-refractivity contribution in [2.45, 2.75) is 23.9 Å². The number of allylic oxidation sites excluding steroid dienone is 1. The Bertz CT molecular complexity index is 1210. The highest BCUT2D eigenvalue weighted by Gasteiger charge is 2.20. The maximum Gasteiger partial charge on any atom is 0.271 e. The Balaban J connectivity index is 1.85. The third kappa shape index (κ3) is 4.52. The maximum atomic E-state index is 12.8. The quantitative estimate of drug-likeness (QED) is 0.192. The largest absolute Gasteiger partial charge is 0.324 e. The molecule has 8 nitrogen and oxygen atoms in total. The highest BCUT2D eigenvalue weighted by Crippen LogP contribution is 2.28. The van der Waals surface area contributed by atoms with Crippen molar-refractivity contribution in [2.75, 3.05) is 5.32 Å². The highest BCUT2D eigenvalue weighted by molar-refractivity contribution is 8.00. The van der Waals surface area contributed by atoms with Gasteiger partial charge in [0, 0.05) is 18.7 Å². The van der Waals surface area contributed by atoms with Crippen LogP contribution in [-0.4, -0.2) is 25.6 Å². The number of hydrogen-bond acceptors (Lipinski definition) is 6. The fourth-order valence-corrected chi connectivity index (χ4v) is 3.83. The van der Waals surface area contributed by atoms with E-state index in [-0.39, 0.29) is 34.4 Å². The van der Waals surface area contributed by atoms with Gasteiger partial charge in [0.15, 0.2) is 5.16 Å². The van der Waals surface area contributed by atoms with Crippen molar-refractivity contribution in [3.8, 4) is 0 Å². The van der Waals surface area contributed by atoms with Gasteiger partial charge in [-0.05, 0) is 25.1 Å². The lowest BCUT2D eigenvalue weighted by molar-refractivity contribution is -0.384. The van der Waals surface area contributed by atoms with Crippen LogP contribution >= 0.6 is 23.4 Å². The van der Waals surface area contributed by atoms with Gasteiger partial charge in [-0.3, -0.25) is 24.3 Å². The fourth-order valence-electron chi connectivity index (χ4n) is 2.69. The second kappa shape index (κ2) is 9.10. The lowest BCUT2D eigenvalue weighted by Gasteiger charge is -2.16. The normalized spacial score (nSPS) is 11.8. The van der Waals surface area contributed by atoms with Gasteiger partial charge in [0.05, 0.1) is 31.8 Å². The molecule has 0 radical (unpaired) electrons. The van der Waals surface area contributed by atoms with Gasteiger partial charge in [0.2, 0.25) is 5.91 Å². The summed E-state index contributed by atoms with van der Waals surface area (Å²) in [4.78, 5) is 40.2. The van der Waals surface area contributed by atoms with Gasteiger partial charge in [-0.2, -0.15) is 0 Å². The number of hydrogen-bond donors (Lipinski definition) is 1. The van der Waals surface area contributed by atoms with E-state index in [0.29, 0.717) is 16.1 Å². The molecule has 0 fully saturated rings. The number of amides is 1. The Hall–Kier alpha value is -3.17. The molecule has 3 rings (SSSR count). The molecule has 1 heterocycles. The van der Waals surface area contributed by atoms with Crippen LogP contribution < -0.4 is 10.9 Å². The van der Waals surface area contributed by atoms with Crippen LogP contribution in [0, 0.1) is 10.1 Å². The number of fused-ring (bicyclic) bond motifs is 1. The van der Waals surface area contributed by atoms with Gasteiger partial charge in [-0.1, -0.05) is 41.6 Å². The summed E-state index contributed by atoms with van der Waals surface area (Å²) in [5.41, 5.74) is 0.411. The zero-order valence-electron chi connectivity index (χ0n) is 15.9. The highest BCUT2D eigenvalue weighted by atomic mass is 35.5. The maximum absolute atomic E-state index is 12.8. The van der Waals surface area contributed by atoms with Crippen molar-refractivity contribution in [2.24, 2.45) is 0 Å². The molecule has 0 saturated heterocycles. The second-order valence-electron chi connectivity index (χ2n) is 6.29. The van der Waals surface area contributed by atoms with Crippen molar-refractivity contribution < 1.29 is 9.72 Å². The average Bonchev–Trinajstić information content (AvgIpc) is 2.72. The number of carbonyl (C=O) groups is 1. The predicted molar refractivity (Wildman–Crippen MR) is 118 cm³/mol. The minimum atomic E-state index is -0.625. The SMILES string of the molecule is C=CCn1c(SC(C)C(=O)Nc2ccc([N+](=O)[O-])cc2Cl)nc2ccccc2c1=O. The first-order valence-corrected chi connectivity index (χ1v) is 10.1. The standard InChI is InChI=1S/C20H17ClN4O4S/c1-3-10-24-19(27)14-6-4-5-7-16(14)23-20(24)30-12(2)18(26)22-17-9-8-13(25(28)29)11-15(17)21/h3-9,11-12H,1,10H2,2H3,(H,22,26). The van der Waals surface area contributed by atoms with E-state index in [1.165, 1.54) is 22.8 Å².